The Balaban J connectivity index is 1.93. The molecule has 0 radical (unpaired) electrons. The number of nitrogens with zero attached hydrogens (tertiary/aromatic N) is 3. The van der Waals surface area contributed by atoms with E-state index < -0.39 is 16.3 Å². The van der Waals surface area contributed by atoms with Gasteiger partial charge in [0.1, 0.15) is 5.75 Å². The molecule has 1 aromatic carbocycles. The standard InChI is InChI=1S/C15H22ClN3O4S/c1-12(23-14-6-4-5-13(16)11-14)15(20)18-7-9-19(10-8-18)24(21,22)17(2)3/h4-6,11-12H,7-10H2,1-3H3. The molecule has 1 unspecified atom stereocenters. The molecule has 1 fully saturated rings. The lowest BCUT2D eigenvalue weighted by Crippen LogP contribution is -2.55. The fourth-order valence-corrected chi connectivity index (χ4v) is 3.69. The summed E-state index contributed by atoms with van der Waals surface area (Å²) in [5, 5.41) is 0.537. The second-order valence-corrected chi connectivity index (χ2v) is 8.31. The predicted octanol–water partition coefficient (Wildman–Crippen LogP) is 1.06. The monoisotopic (exact) mass is 375 g/mol. The summed E-state index contributed by atoms with van der Waals surface area (Å²) in [6.07, 6.45) is -0.666. The molecular formula is C15H22ClN3O4S. The largest absolute Gasteiger partial charge is 0.481 e. The molecule has 1 saturated heterocycles. The van der Waals surface area contributed by atoms with Crippen LogP contribution in [0.15, 0.2) is 24.3 Å². The van der Waals surface area contributed by atoms with Crippen LogP contribution < -0.4 is 4.74 Å². The Kier molecular flexibility index (Phi) is 6.08. The number of rotatable bonds is 5. The molecule has 0 bridgehead atoms. The molecule has 2 rings (SSSR count). The molecule has 1 atom stereocenters. The Morgan fingerprint density at radius 3 is 2.42 bits per heavy atom. The number of ether oxygens (including phenoxy) is 1. The number of piperazine rings is 1. The number of halogens is 1. The van der Waals surface area contributed by atoms with E-state index in [0.717, 1.165) is 0 Å². The van der Waals surface area contributed by atoms with Crippen LogP contribution in [0, 0.1) is 0 Å². The molecule has 0 aliphatic carbocycles. The molecule has 9 heteroatoms. The summed E-state index contributed by atoms with van der Waals surface area (Å²) >= 11 is 5.90. The van der Waals surface area contributed by atoms with Gasteiger partial charge in [0.15, 0.2) is 6.10 Å². The van der Waals surface area contributed by atoms with Gasteiger partial charge in [0.25, 0.3) is 16.1 Å². The molecule has 24 heavy (non-hydrogen) atoms. The van der Waals surface area contributed by atoms with Crippen LogP contribution in [0.2, 0.25) is 5.02 Å². The van der Waals surface area contributed by atoms with Crippen molar-refractivity contribution in [2.45, 2.75) is 13.0 Å². The average molecular weight is 376 g/mol. The van der Waals surface area contributed by atoms with E-state index >= 15 is 0 Å². The molecule has 0 saturated carbocycles. The minimum absolute atomic E-state index is 0.170. The first-order valence-corrected chi connectivity index (χ1v) is 9.38. The van der Waals surface area contributed by atoms with Crippen molar-refractivity contribution in [2.24, 2.45) is 0 Å². The summed E-state index contributed by atoms with van der Waals surface area (Å²) < 4.78 is 32.3. The van der Waals surface area contributed by atoms with Crippen LogP contribution in [0.4, 0.5) is 0 Å². The lowest BCUT2D eigenvalue weighted by Gasteiger charge is -2.36. The first-order valence-electron chi connectivity index (χ1n) is 7.60. The van der Waals surface area contributed by atoms with Crippen LogP contribution in [0.1, 0.15) is 6.92 Å². The fraction of sp³-hybridized carbons (Fsp3) is 0.533. The fourth-order valence-electron chi connectivity index (χ4n) is 2.42. The number of benzene rings is 1. The third-order valence-corrected chi connectivity index (χ3v) is 5.97. The van der Waals surface area contributed by atoms with Crippen molar-refractivity contribution < 1.29 is 17.9 Å². The number of hydrogen-bond acceptors (Lipinski definition) is 4. The molecule has 1 amide bonds. The van der Waals surface area contributed by atoms with Crippen molar-refractivity contribution >= 4 is 27.7 Å². The zero-order valence-corrected chi connectivity index (χ0v) is 15.5. The first kappa shape index (κ1) is 19.0. The van der Waals surface area contributed by atoms with E-state index in [1.807, 2.05) is 0 Å². The molecule has 7 nitrogen and oxygen atoms in total. The van der Waals surface area contributed by atoms with Gasteiger partial charge in [-0.1, -0.05) is 17.7 Å². The van der Waals surface area contributed by atoms with E-state index in [1.54, 1.807) is 36.1 Å². The van der Waals surface area contributed by atoms with E-state index in [0.29, 0.717) is 23.9 Å². The van der Waals surface area contributed by atoms with Crippen LogP contribution in [-0.4, -0.2) is 74.2 Å². The molecule has 0 aromatic heterocycles. The molecule has 1 aromatic rings. The van der Waals surface area contributed by atoms with E-state index in [9.17, 15) is 13.2 Å². The molecule has 1 heterocycles. The molecule has 134 valence electrons. The second-order valence-electron chi connectivity index (χ2n) is 5.73. The Morgan fingerprint density at radius 1 is 1.25 bits per heavy atom. The minimum atomic E-state index is -3.44. The first-order chi connectivity index (χ1) is 11.2. The van der Waals surface area contributed by atoms with Gasteiger partial charge in [0.05, 0.1) is 0 Å². The normalized spacial score (nSPS) is 17.8. The Bertz CT molecular complexity index is 688. The maximum absolute atomic E-state index is 12.5. The Labute approximate surface area is 147 Å². The van der Waals surface area contributed by atoms with Gasteiger partial charge in [0, 0.05) is 45.3 Å². The van der Waals surface area contributed by atoms with Crippen molar-refractivity contribution in [3.05, 3.63) is 29.3 Å². The highest BCUT2D eigenvalue weighted by molar-refractivity contribution is 7.86. The van der Waals surface area contributed by atoms with Gasteiger partial charge in [0.2, 0.25) is 0 Å². The maximum Gasteiger partial charge on any atom is 0.281 e. The van der Waals surface area contributed by atoms with Crippen LogP contribution in [-0.2, 0) is 15.0 Å². The van der Waals surface area contributed by atoms with E-state index in [4.69, 9.17) is 16.3 Å². The smallest absolute Gasteiger partial charge is 0.281 e. The maximum atomic E-state index is 12.5. The number of carbonyl (C=O) groups excluding carboxylic acids is 1. The van der Waals surface area contributed by atoms with Crippen LogP contribution in [0.3, 0.4) is 0 Å². The van der Waals surface area contributed by atoms with Gasteiger partial charge in [-0.3, -0.25) is 4.79 Å². The third-order valence-electron chi connectivity index (χ3n) is 3.79. The summed E-state index contributed by atoms with van der Waals surface area (Å²) in [5.41, 5.74) is 0. The highest BCUT2D eigenvalue weighted by Crippen LogP contribution is 2.19. The molecule has 0 spiro atoms. The number of carbonyl (C=O) groups is 1. The van der Waals surface area contributed by atoms with E-state index in [2.05, 4.69) is 0 Å². The van der Waals surface area contributed by atoms with Gasteiger partial charge < -0.3 is 9.64 Å². The second kappa shape index (κ2) is 7.69. The summed E-state index contributed by atoms with van der Waals surface area (Å²) in [5.74, 6) is 0.356. The number of hydrogen-bond donors (Lipinski definition) is 0. The minimum Gasteiger partial charge on any atom is -0.481 e. The lowest BCUT2D eigenvalue weighted by molar-refractivity contribution is -0.139. The summed E-state index contributed by atoms with van der Waals surface area (Å²) in [6, 6.07) is 6.86. The van der Waals surface area contributed by atoms with Gasteiger partial charge >= 0.3 is 0 Å². The van der Waals surface area contributed by atoms with Crippen molar-refractivity contribution in [1.82, 2.24) is 13.5 Å². The van der Waals surface area contributed by atoms with E-state index in [-0.39, 0.29) is 19.0 Å². The molecule has 0 N–H and O–H groups in total. The van der Waals surface area contributed by atoms with Crippen molar-refractivity contribution in [2.75, 3.05) is 40.3 Å². The van der Waals surface area contributed by atoms with Crippen molar-refractivity contribution in [1.29, 1.82) is 0 Å². The van der Waals surface area contributed by atoms with Crippen LogP contribution >= 0.6 is 11.6 Å². The van der Waals surface area contributed by atoms with Gasteiger partial charge in [-0.25, -0.2) is 0 Å². The topological polar surface area (TPSA) is 70.2 Å². The van der Waals surface area contributed by atoms with E-state index in [1.165, 1.54) is 22.7 Å². The zero-order valence-electron chi connectivity index (χ0n) is 14.0. The molecule has 1 aliphatic heterocycles. The Morgan fingerprint density at radius 2 is 1.88 bits per heavy atom. The predicted molar refractivity (Wildman–Crippen MR) is 92.3 cm³/mol. The molecule has 1 aliphatic rings. The summed E-state index contributed by atoms with van der Waals surface area (Å²) in [7, 11) is -0.452. The van der Waals surface area contributed by atoms with Crippen LogP contribution in [0.5, 0.6) is 5.75 Å². The highest BCUT2D eigenvalue weighted by atomic mass is 35.5. The average Bonchev–Trinajstić information content (AvgIpc) is 2.54. The summed E-state index contributed by atoms with van der Waals surface area (Å²) in [6.45, 7) is 2.91. The quantitative estimate of drug-likeness (QED) is 0.771. The van der Waals surface area contributed by atoms with Crippen LogP contribution in [0.25, 0.3) is 0 Å². The van der Waals surface area contributed by atoms with Gasteiger partial charge in [-0.15, -0.1) is 0 Å². The Hall–Kier alpha value is -1.35. The molecular weight excluding hydrogens is 354 g/mol. The lowest BCUT2D eigenvalue weighted by atomic mass is 10.2. The highest BCUT2D eigenvalue weighted by Gasteiger charge is 2.32. The van der Waals surface area contributed by atoms with Crippen molar-refractivity contribution in [3.63, 3.8) is 0 Å². The van der Waals surface area contributed by atoms with Gasteiger partial charge in [-0.05, 0) is 25.1 Å². The SMILES string of the molecule is CC(Oc1cccc(Cl)c1)C(=O)N1CCN(S(=O)(=O)N(C)C)CC1. The van der Waals surface area contributed by atoms with Gasteiger partial charge in [-0.2, -0.15) is 17.0 Å². The number of amides is 1. The third kappa shape index (κ3) is 4.38. The van der Waals surface area contributed by atoms with Crippen molar-refractivity contribution in [3.8, 4) is 5.75 Å². The zero-order chi connectivity index (χ0) is 17.9. The summed E-state index contributed by atoms with van der Waals surface area (Å²) in [4.78, 5) is 14.1.